The molecule has 0 aliphatic heterocycles. The van der Waals surface area contributed by atoms with Crippen molar-refractivity contribution in [2.24, 2.45) is 12.2 Å². The predicted octanol–water partition coefficient (Wildman–Crippen LogP) is -0.346. The van der Waals surface area contributed by atoms with E-state index >= 15 is 0 Å². The molecular formula is C9H14N6O2S. The number of hydrogen-bond donors (Lipinski definition) is 1. The second-order valence-corrected chi connectivity index (χ2v) is 5.35. The van der Waals surface area contributed by atoms with Crippen LogP contribution in [0.15, 0.2) is 11.2 Å². The average Bonchev–Trinajstić information content (AvgIpc) is 2.80. The highest BCUT2D eigenvalue weighted by Crippen LogP contribution is 2.19. The van der Waals surface area contributed by atoms with E-state index in [2.05, 4.69) is 15.3 Å². The monoisotopic (exact) mass is 270 g/mol. The summed E-state index contributed by atoms with van der Waals surface area (Å²) in [5.41, 5.74) is 1.53. The van der Waals surface area contributed by atoms with Gasteiger partial charge in [0.15, 0.2) is 5.82 Å². The Balaban J connectivity index is 2.62. The second-order valence-electron chi connectivity index (χ2n) is 3.90. The molecule has 98 valence electrons. The van der Waals surface area contributed by atoms with Crippen LogP contribution in [0.4, 0.5) is 0 Å². The molecule has 2 aromatic rings. The van der Waals surface area contributed by atoms with Gasteiger partial charge in [-0.05, 0) is 19.9 Å². The zero-order valence-electron chi connectivity index (χ0n) is 10.3. The van der Waals surface area contributed by atoms with Crippen molar-refractivity contribution in [1.82, 2.24) is 24.5 Å². The van der Waals surface area contributed by atoms with Crippen molar-refractivity contribution in [3.8, 4) is 11.5 Å². The lowest BCUT2D eigenvalue weighted by Gasteiger charge is -2.04. The fourth-order valence-electron chi connectivity index (χ4n) is 1.75. The highest BCUT2D eigenvalue weighted by molar-refractivity contribution is 7.89. The van der Waals surface area contributed by atoms with Gasteiger partial charge in [0.1, 0.15) is 5.69 Å². The summed E-state index contributed by atoms with van der Waals surface area (Å²) in [7, 11) is -2.32. The first-order valence-electron chi connectivity index (χ1n) is 5.31. The highest BCUT2D eigenvalue weighted by atomic mass is 32.2. The molecule has 2 heterocycles. The number of sulfonamides is 1. The van der Waals surface area contributed by atoms with Crippen LogP contribution in [0.2, 0.25) is 0 Å². The molecular weight excluding hydrogens is 256 g/mol. The SMILES string of the molecule is CCn1nc(C)cc1-c1nnc(S(N)(=O)=O)n1C. The van der Waals surface area contributed by atoms with Gasteiger partial charge in [-0.1, -0.05) is 0 Å². The fourth-order valence-corrected chi connectivity index (χ4v) is 2.38. The average molecular weight is 270 g/mol. The van der Waals surface area contributed by atoms with Crippen molar-refractivity contribution in [3.63, 3.8) is 0 Å². The van der Waals surface area contributed by atoms with E-state index in [1.165, 1.54) is 4.57 Å². The molecule has 2 aromatic heterocycles. The van der Waals surface area contributed by atoms with Crippen LogP contribution in [0.5, 0.6) is 0 Å². The number of nitrogens with two attached hydrogens (primary N) is 1. The van der Waals surface area contributed by atoms with E-state index in [1.807, 2.05) is 19.9 Å². The van der Waals surface area contributed by atoms with Crippen molar-refractivity contribution in [2.45, 2.75) is 25.5 Å². The molecule has 0 saturated carbocycles. The molecule has 0 saturated heterocycles. The first kappa shape index (κ1) is 12.7. The van der Waals surface area contributed by atoms with E-state index in [-0.39, 0.29) is 5.16 Å². The van der Waals surface area contributed by atoms with Gasteiger partial charge in [-0.3, -0.25) is 9.25 Å². The van der Waals surface area contributed by atoms with E-state index in [9.17, 15) is 8.42 Å². The lowest BCUT2D eigenvalue weighted by atomic mass is 10.3. The lowest BCUT2D eigenvalue weighted by molar-refractivity contribution is 0.580. The normalized spacial score (nSPS) is 12.0. The number of aromatic nitrogens is 5. The molecule has 0 spiro atoms. The van der Waals surface area contributed by atoms with Gasteiger partial charge in [0, 0.05) is 13.6 Å². The Hall–Kier alpha value is -1.74. The van der Waals surface area contributed by atoms with E-state index in [1.54, 1.807) is 11.7 Å². The predicted molar refractivity (Wildman–Crippen MR) is 64.0 cm³/mol. The topological polar surface area (TPSA) is 109 Å². The summed E-state index contributed by atoms with van der Waals surface area (Å²) in [5.74, 6) is 0.418. The maximum absolute atomic E-state index is 11.3. The molecule has 0 bridgehead atoms. The van der Waals surface area contributed by atoms with Crippen molar-refractivity contribution >= 4 is 10.0 Å². The molecule has 0 aromatic carbocycles. The first-order valence-corrected chi connectivity index (χ1v) is 6.86. The molecule has 0 unspecified atom stereocenters. The summed E-state index contributed by atoms with van der Waals surface area (Å²) < 4.78 is 25.7. The Bertz CT molecular complexity index is 684. The quantitative estimate of drug-likeness (QED) is 0.820. The zero-order valence-corrected chi connectivity index (χ0v) is 11.1. The molecule has 8 nitrogen and oxygen atoms in total. The van der Waals surface area contributed by atoms with Crippen LogP contribution in [0, 0.1) is 6.92 Å². The smallest absolute Gasteiger partial charge is 0.273 e. The molecule has 2 rings (SSSR count). The van der Waals surface area contributed by atoms with Gasteiger partial charge in [0.05, 0.1) is 5.69 Å². The minimum atomic E-state index is -3.87. The summed E-state index contributed by atoms with van der Waals surface area (Å²) in [5, 5.41) is 16.5. The van der Waals surface area contributed by atoms with Gasteiger partial charge >= 0.3 is 0 Å². The molecule has 0 aliphatic rings. The van der Waals surface area contributed by atoms with Crippen LogP contribution in [-0.2, 0) is 23.6 Å². The maximum Gasteiger partial charge on any atom is 0.273 e. The largest absolute Gasteiger partial charge is 0.299 e. The van der Waals surface area contributed by atoms with Crippen molar-refractivity contribution < 1.29 is 8.42 Å². The molecule has 9 heteroatoms. The number of hydrogen-bond acceptors (Lipinski definition) is 5. The van der Waals surface area contributed by atoms with Gasteiger partial charge < -0.3 is 0 Å². The van der Waals surface area contributed by atoms with Gasteiger partial charge in [-0.2, -0.15) is 5.10 Å². The minimum Gasteiger partial charge on any atom is -0.299 e. The van der Waals surface area contributed by atoms with Gasteiger partial charge in [0.25, 0.3) is 15.2 Å². The molecule has 0 radical (unpaired) electrons. The third-order valence-electron chi connectivity index (χ3n) is 2.52. The highest BCUT2D eigenvalue weighted by Gasteiger charge is 2.21. The van der Waals surface area contributed by atoms with E-state index in [0.717, 1.165) is 5.69 Å². The van der Waals surface area contributed by atoms with Crippen LogP contribution in [0.25, 0.3) is 11.5 Å². The summed E-state index contributed by atoms with van der Waals surface area (Å²) in [4.78, 5) is 0. The standard InChI is InChI=1S/C9H14N6O2S/c1-4-15-7(5-6(2)13-15)8-11-12-9(14(8)3)18(10,16)17/h5H,4H2,1-3H3,(H2,10,16,17). The third kappa shape index (κ3) is 2.02. The van der Waals surface area contributed by atoms with Crippen LogP contribution in [0.3, 0.4) is 0 Å². The fraction of sp³-hybridized carbons (Fsp3) is 0.444. The summed E-state index contributed by atoms with van der Waals surface area (Å²) in [6.07, 6.45) is 0. The number of nitrogens with zero attached hydrogens (tertiary/aromatic N) is 5. The molecule has 18 heavy (non-hydrogen) atoms. The molecule has 2 N–H and O–H groups in total. The maximum atomic E-state index is 11.3. The van der Waals surface area contributed by atoms with E-state index in [0.29, 0.717) is 18.1 Å². The summed E-state index contributed by atoms with van der Waals surface area (Å²) in [6, 6.07) is 1.82. The minimum absolute atomic E-state index is 0.265. The molecule has 0 fully saturated rings. The number of primary sulfonamides is 1. The first-order chi connectivity index (χ1) is 8.34. The van der Waals surface area contributed by atoms with Crippen molar-refractivity contribution in [3.05, 3.63) is 11.8 Å². The van der Waals surface area contributed by atoms with E-state index < -0.39 is 10.0 Å². The van der Waals surface area contributed by atoms with E-state index in [4.69, 9.17) is 5.14 Å². The van der Waals surface area contributed by atoms with Crippen molar-refractivity contribution in [2.75, 3.05) is 0 Å². The van der Waals surface area contributed by atoms with Gasteiger partial charge in [-0.15, -0.1) is 10.2 Å². The Kier molecular flexibility index (Phi) is 2.95. The molecule has 0 atom stereocenters. The Labute approximate surface area is 104 Å². The molecule has 0 amide bonds. The van der Waals surface area contributed by atoms with Crippen LogP contribution >= 0.6 is 0 Å². The van der Waals surface area contributed by atoms with Gasteiger partial charge in [-0.25, -0.2) is 13.6 Å². The zero-order chi connectivity index (χ0) is 13.5. The third-order valence-corrected chi connectivity index (χ3v) is 3.38. The number of rotatable bonds is 3. The lowest BCUT2D eigenvalue weighted by Crippen LogP contribution is -2.17. The van der Waals surface area contributed by atoms with Gasteiger partial charge in [0.2, 0.25) is 0 Å². The Morgan fingerprint density at radius 2 is 2.06 bits per heavy atom. The van der Waals surface area contributed by atoms with Crippen LogP contribution in [0.1, 0.15) is 12.6 Å². The molecule has 0 aliphatic carbocycles. The number of aryl methyl sites for hydroxylation is 2. The van der Waals surface area contributed by atoms with Crippen molar-refractivity contribution in [1.29, 1.82) is 0 Å². The summed E-state index contributed by atoms with van der Waals surface area (Å²) in [6.45, 7) is 4.44. The Morgan fingerprint density at radius 1 is 1.39 bits per heavy atom. The Morgan fingerprint density at radius 3 is 2.56 bits per heavy atom. The van der Waals surface area contributed by atoms with Crippen LogP contribution < -0.4 is 5.14 Å². The van der Waals surface area contributed by atoms with Crippen LogP contribution in [-0.4, -0.2) is 33.0 Å². The summed E-state index contributed by atoms with van der Waals surface area (Å²) >= 11 is 0. The second kappa shape index (κ2) is 4.18.